The molecule has 0 N–H and O–H groups in total. The van der Waals surface area contributed by atoms with Crippen molar-refractivity contribution < 1.29 is 16.5 Å². The summed E-state index contributed by atoms with van der Waals surface area (Å²) in [6.45, 7) is 10.5. The first kappa shape index (κ1) is 19.3. The Bertz CT molecular complexity index is 690. The minimum absolute atomic E-state index is 0. The van der Waals surface area contributed by atoms with Crippen molar-refractivity contribution in [2.24, 2.45) is 9.98 Å². The zero-order chi connectivity index (χ0) is 16.1. The molecule has 0 spiro atoms. The second-order valence-corrected chi connectivity index (χ2v) is 5.91. The van der Waals surface area contributed by atoms with Crippen LogP contribution in [0.25, 0.3) is 0 Å². The van der Waals surface area contributed by atoms with E-state index >= 15 is 0 Å². The number of nitrogens with zero attached hydrogens (tertiary/aromatic N) is 2. The Morgan fingerprint density at radius 2 is 1.22 bits per heavy atom. The van der Waals surface area contributed by atoms with E-state index in [4.69, 9.17) is 4.99 Å². The van der Waals surface area contributed by atoms with Crippen molar-refractivity contribution in [2.75, 3.05) is 0 Å². The molecule has 0 aliphatic carbocycles. The second-order valence-electron chi connectivity index (χ2n) is 5.91. The standard InChI is InChI=1S/C20H24N2.Ni/c1-6-18(22-20-11-16(4)8-17(5)12-20)13-21-19-9-14(2)7-15(3)10-19;/h7-13H,6H2,1-5H3;. The second kappa shape index (κ2) is 8.79. The van der Waals surface area contributed by atoms with Gasteiger partial charge in [-0.05, 0) is 80.6 Å². The summed E-state index contributed by atoms with van der Waals surface area (Å²) in [6, 6.07) is 12.7. The molecule has 0 aliphatic rings. The number of aryl methyl sites for hydroxylation is 4. The number of rotatable bonds is 4. The Hall–Kier alpha value is -1.73. The van der Waals surface area contributed by atoms with E-state index in [1.165, 1.54) is 22.3 Å². The van der Waals surface area contributed by atoms with E-state index in [2.05, 4.69) is 76.0 Å². The maximum atomic E-state index is 4.73. The summed E-state index contributed by atoms with van der Waals surface area (Å²) >= 11 is 0. The predicted octanol–water partition coefficient (Wildman–Crippen LogP) is 5.80. The first-order valence-corrected chi connectivity index (χ1v) is 7.74. The number of benzene rings is 2. The minimum atomic E-state index is 0. The van der Waals surface area contributed by atoms with Crippen LogP contribution in [0.1, 0.15) is 35.6 Å². The van der Waals surface area contributed by atoms with Crippen molar-refractivity contribution in [2.45, 2.75) is 41.0 Å². The molecular weight excluding hydrogens is 327 g/mol. The molecule has 0 aromatic heterocycles. The van der Waals surface area contributed by atoms with E-state index in [1.807, 2.05) is 6.21 Å². The molecular formula is C20H24N2Ni. The summed E-state index contributed by atoms with van der Waals surface area (Å²) in [7, 11) is 0. The van der Waals surface area contributed by atoms with Crippen LogP contribution in [0.15, 0.2) is 46.4 Å². The van der Waals surface area contributed by atoms with Gasteiger partial charge in [-0.2, -0.15) is 0 Å². The van der Waals surface area contributed by atoms with E-state index in [0.29, 0.717) is 0 Å². The molecule has 0 saturated heterocycles. The minimum Gasteiger partial charge on any atom is -0.255 e. The summed E-state index contributed by atoms with van der Waals surface area (Å²) in [4.78, 5) is 9.31. The Kier molecular flexibility index (Phi) is 7.38. The molecule has 0 heterocycles. The molecule has 2 aromatic rings. The van der Waals surface area contributed by atoms with Crippen molar-refractivity contribution in [3.05, 3.63) is 58.7 Å². The summed E-state index contributed by atoms with van der Waals surface area (Å²) < 4.78 is 0. The summed E-state index contributed by atoms with van der Waals surface area (Å²) in [5.74, 6) is 0. The largest absolute Gasteiger partial charge is 0.255 e. The van der Waals surface area contributed by atoms with Gasteiger partial charge in [0.25, 0.3) is 0 Å². The van der Waals surface area contributed by atoms with Gasteiger partial charge in [-0.3, -0.25) is 9.98 Å². The van der Waals surface area contributed by atoms with Gasteiger partial charge in [0.05, 0.1) is 17.1 Å². The van der Waals surface area contributed by atoms with Gasteiger partial charge in [-0.15, -0.1) is 0 Å². The zero-order valence-electron chi connectivity index (χ0n) is 14.5. The molecule has 124 valence electrons. The van der Waals surface area contributed by atoms with E-state index in [1.54, 1.807) is 0 Å². The van der Waals surface area contributed by atoms with Crippen LogP contribution in [-0.2, 0) is 16.5 Å². The van der Waals surface area contributed by atoms with Gasteiger partial charge in [0.15, 0.2) is 0 Å². The average Bonchev–Trinajstić information content (AvgIpc) is 2.41. The van der Waals surface area contributed by atoms with Crippen LogP contribution in [-0.4, -0.2) is 11.9 Å². The quantitative estimate of drug-likeness (QED) is 0.491. The Balaban J connectivity index is 0.00000264. The molecule has 0 unspecified atom stereocenters. The number of hydrogen-bond acceptors (Lipinski definition) is 2. The third kappa shape index (κ3) is 6.11. The van der Waals surface area contributed by atoms with Crippen LogP contribution in [0.2, 0.25) is 0 Å². The molecule has 2 aromatic carbocycles. The van der Waals surface area contributed by atoms with Gasteiger partial charge in [-0.25, -0.2) is 0 Å². The summed E-state index contributed by atoms with van der Waals surface area (Å²) in [5.41, 5.74) is 7.92. The van der Waals surface area contributed by atoms with Crippen LogP contribution in [0, 0.1) is 27.7 Å². The molecule has 3 heteroatoms. The topological polar surface area (TPSA) is 24.7 Å². The summed E-state index contributed by atoms with van der Waals surface area (Å²) in [6.07, 6.45) is 2.74. The van der Waals surface area contributed by atoms with Crippen LogP contribution < -0.4 is 0 Å². The fraction of sp³-hybridized carbons (Fsp3) is 0.300. The first-order chi connectivity index (χ1) is 10.5. The summed E-state index contributed by atoms with van der Waals surface area (Å²) in [5, 5.41) is 0. The Labute approximate surface area is 149 Å². The maximum absolute atomic E-state index is 4.73. The van der Waals surface area contributed by atoms with Crippen LogP contribution in [0.3, 0.4) is 0 Å². The van der Waals surface area contributed by atoms with Gasteiger partial charge < -0.3 is 0 Å². The van der Waals surface area contributed by atoms with Crippen LogP contribution >= 0.6 is 0 Å². The van der Waals surface area contributed by atoms with E-state index in [9.17, 15) is 0 Å². The molecule has 0 amide bonds. The fourth-order valence-electron chi connectivity index (χ4n) is 2.55. The first-order valence-electron chi connectivity index (χ1n) is 7.74. The van der Waals surface area contributed by atoms with Gasteiger partial charge in [0, 0.05) is 22.7 Å². The smallest absolute Gasteiger partial charge is 0.0638 e. The van der Waals surface area contributed by atoms with Gasteiger partial charge >= 0.3 is 0 Å². The SMILES string of the molecule is CCC(C=Nc1cc(C)cc(C)c1)=Nc1cc(C)cc(C)c1.[Ni]. The Morgan fingerprint density at radius 3 is 1.65 bits per heavy atom. The van der Waals surface area contributed by atoms with Crippen LogP contribution in [0.5, 0.6) is 0 Å². The van der Waals surface area contributed by atoms with E-state index in [0.717, 1.165) is 23.5 Å². The van der Waals surface area contributed by atoms with Crippen molar-refractivity contribution >= 4 is 23.3 Å². The van der Waals surface area contributed by atoms with Crippen molar-refractivity contribution in [3.8, 4) is 0 Å². The molecule has 0 bridgehead atoms. The molecule has 0 saturated carbocycles. The van der Waals surface area contributed by atoms with Gasteiger partial charge in [-0.1, -0.05) is 19.1 Å². The molecule has 0 radical (unpaired) electrons. The third-order valence-corrected chi connectivity index (χ3v) is 3.41. The third-order valence-electron chi connectivity index (χ3n) is 3.41. The van der Waals surface area contributed by atoms with Crippen molar-refractivity contribution in [3.63, 3.8) is 0 Å². The van der Waals surface area contributed by atoms with Crippen LogP contribution in [0.4, 0.5) is 11.4 Å². The fourth-order valence-corrected chi connectivity index (χ4v) is 2.55. The number of hydrogen-bond donors (Lipinski definition) is 0. The van der Waals surface area contributed by atoms with Gasteiger partial charge in [0.2, 0.25) is 0 Å². The molecule has 0 aliphatic heterocycles. The maximum Gasteiger partial charge on any atom is 0.0638 e. The predicted molar refractivity (Wildman–Crippen MR) is 97.4 cm³/mol. The Morgan fingerprint density at radius 1 is 0.783 bits per heavy atom. The molecule has 2 rings (SSSR count). The van der Waals surface area contributed by atoms with Crippen molar-refractivity contribution in [1.29, 1.82) is 0 Å². The molecule has 0 fully saturated rings. The monoisotopic (exact) mass is 350 g/mol. The average molecular weight is 351 g/mol. The molecule has 0 atom stereocenters. The number of aliphatic imine (C=N–C) groups is 2. The van der Waals surface area contributed by atoms with E-state index < -0.39 is 0 Å². The zero-order valence-corrected chi connectivity index (χ0v) is 15.4. The van der Waals surface area contributed by atoms with Gasteiger partial charge in [0.1, 0.15) is 0 Å². The van der Waals surface area contributed by atoms with E-state index in [-0.39, 0.29) is 16.5 Å². The molecule has 23 heavy (non-hydrogen) atoms. The molecule has 2 nitrogen and oxygen atoms in total. The van der Waals surface area contributed by atoms with Crippen molar-refractivity contribution in [1.82, 2.24) is 0 Å². The normalized spacial score (nSPS) is 11.6.